The molecule has 104 valence electrons. The third-order valence-corrected chi connectivity index (χ3v) is 3.39. The molecule has 0 aromatic carbocycles. The fraction of sp³-hybridized carbons (Fsp3) is 0.800. The van der Waals surface area contributed by atoms with Crippen LogP contribution < -0.4 is 5.32 Å². The predicted octanol–water partition coefficient (Wildman–Crippen LogP) is 3.82. The van der Waals surface area contributed by atoms with E-state index in [0.717, 1.165) is 6.54 Å². The summed E-state index contributed by atoms with van der Waals surface area (Å²) in [5.41, 5.74) is 1.19. The first-order valence-electron chi connectivity index (χ1n) is 7.50. The monoisotopic (exact) mass is 251 g/mol. The molecule has 3 nitrogen and oxygen atoms in total. The molecule has 0 aliphatic rings. The second kappa shape index (κ2) is 9.15. The molecule has 0 aliphatic carbocycles. The summed E-state index contributed by atoms with van der Waals surface area (Å²) < 4.78 is 1.89. The molecule has 18 heavy (non-hydrogen) atoms. The molecule has 1 aromatic rings. The third-order valence-electron chi connectivity index (χ3n) is 3.39. The molecule has 0 radical (unpaired) electrons. The van der Waals surface area contributed by atoms with Gasteiger partial charge in [-0.15, -0.1) is 0 Å². The average Bonchev–Trinajstić information content (AvgIpc) is 2.79. The molecule has 0 saturated carbocycles. The van der Waals surface area contributed by atoms with E-state index in [4.69, 9.17) is 0 Å². The highest BCUT2D eigenvalue weighted by Gasteiger charge is 2.12. The van der Waals surface area contributed by atoms with Gasteiger partial charge in [0.15, 0.2) is 0 Å². The van der Waals surface area contributed by atoms with Crippen LogP contribution in [0.5, 0.6) is 0 Å². The van der Waals surface area contributed by atoms with Crippen LogP contribution in [0, 0.1) is 0 Å². The zero-order valence-electron chi connectivity index (χ0n) is 12.3. The first kappa shape index (κ1) is 15.2. The van der Waals surface area contributed by atoms with Crippen LogP contribution in [-0.4, -0.2) is 16.3 Å². The number of nitrogens with one attached hydrogen (secondary N) is 1. The van der Waals surface area contributed by atoms with Gasteiger partial charge in [0.05, 0.1) is 11.7 Å². The molecular weight excluding hydrogens is 222 g/mol. The smallest absolute Gasteiger partial charge is 0.0793 e. The lowest BCUT2D eigenvalue weighted by Crippen LogP contribution is -2.21. The molecule has 1 N–H and O–H groups in total. The van der Waals surface area contributed by atoms with Crippen molar-refractivity contribution < 1.29 is 0 Å². The number of aromatic nitrogens is 2. The van der Waals surface area contributed by atoms with E-state index < -0.39 is 0 Å². The quantitative estimate of drug-likeness (QED) is 0.641. The number of unbranched alkanes of at least 4 members (excludes halogenated alkanes) is 5. The Labute approximate surface area is 112 Å². The summed E-state index contributed by atoms with van der Waals surface area (Å²) >= 11 is 0. The first-order chi connectivity index (χ1) is 8.77. The van der Waals surface area contributed by atoms with Crippen LogP contribution in [0.3, 0.4) is 0 Å². The number of hydrogen-bond donors (Lipinski definition) is 1. The van der Waals surface area contributed by atoms with Crippen LogP contribution in [-0.2, 0) is 7.05 Å². The molecule has 1 atom stereocenters. The van der Waals surface area contributed by atoms with Gasteiger partial charge in [0, 0.05) is 13.2 Å². The fourth-order valence-electron chi connectivity index (χ4n) is 2.35. The molecule has 1 heterocycles. The summed E-state index contributed by atoms with van der Waals surface area (Å²) in [7, 11) is 1.98. The van der Waals surface area contributed by atoms with Gasteiger partial charge in [0.1, 0.15) is 0 Å². The minimum Gasteiger partial charge on any atom is -0.309 e. The van der Waals surface area contributed by atoms with Crippen molar-refractivity contribution in [1.82, 2.24) is 15.1 Å². The van der Waals surface area contributed by atoms with Gasteiger partial charge in [0.25, 0.3) is 0 Å². The van der Waals surface area contributed by atoms with E-state index in [1.807, 2.05) is 17.9 Å². The second-order valence-electron chi connectivity index (χ2n) is 5.08. The largest absolute Gasteiger partial charge is 0.309 e. The number of rotatable bonds is 10. The van der Waals surface area contributed by atoms with Gasteiger partial charge in [-0.3, -0.25) is 4.68 Å². The van der Waals surface area contributed by atoms with Crippen molar-refractivity contribution >= 4 is 0 Å². The van der Waals surface area contributed by atoms with Crippen LogP contribution in [0.4, 0.5) is 0 Å². The maximum Gasteiger partial charge on any atom is 0.0793 e. The van der Waals surface area contributed by atoms with E-state index in [1.54, 1.807) is 0 Å². The van der Waals surface area contributed by atoms with Crippen molar-refractivity contribution in [3.05, 3.63) is 18.0 Å². The second-order valence-corrected chi connectivity index (χ2v) is 5.08. The summed E-state index contributed by atoms with van der Waals surface area (Å²) in [5, 5.41) is 8.05. The van der Waals surface area contributed by atoms with Gasteiger partial charge in [-0.25, -0.2) is 0 Å². The minimum atomic E-state index is 0.433. The average molecular weight is 251 g/mol. The van der Waals surface area contributed by atoms with E-state index in [9.17, 15) is 0 Å². The third kappa shape index (κ3) is 5.67. The maximum absolute atomic E-state index is 4.51. The van der Waals surface area contributed by atoms with Gasteiger partial charge in [-0.1, -0.05) is 52.4 Å². The Bertz CT molecular complexity index is 306. The zero-order chi connectivity index (χ0) is 13.2. The van der Waals surface area contributed by atoms with E-state index in [1.165, 1.54) is 50.6 Å². The Morgan fingerprint density at radius 3 is 2.50 bits per heavy atom. The molecule has 1 rings (SSSR count). The van der Waals surface area contributed by atoms with Crippen LogP contribution in [0.25, 0.3) is 0 Å². The first-order valence-corrected chi connectivity index (χ1v) is 7.50. The Hall–Kier alpha value is -0.830. The number of hydrogen-bond acceptors (Lipinski definition) is 2. The van der Waals surface area contributed by atoms with Crippen molar-refractivity contribution in [2.45, 2.75) is 64.8 Å². The van der Waals surface area contributed by atoms with Gasteiger partial charge in [-0.2, -0.15) is 5.10 Å². The van der Waals surface area contributed by atoms with Crippen molar-refractivity contribution in [1.29, 1.82) is 0 Å². The molecule has 1 unspecified atom stereocenters. The number of aryl methyl sites for hydroxylation is 1. The lowest BCUT2D eigenvalue weighted by Gasteiger charge is -2.15. The van der Waals surface area contributed by atoms with Gasteiger partial charge in [-0.05, 0) is 19.0 Å². The summed E-state index contributed by atoms with van der Waals surface area (Å²) in [6.07, 6.45) is 11.4. The van der Waals surface area contributed by atoms with Crippen molar-refractivity contribution in [2.24, 2.45) is 7.05 Å². The van der Waals surface area contributed by atoms with Gasteiger partial charge >= 0.3 is 0 Å². The Balaban J connectivity index is 2.26. The lowest BCUT2D eigenvalue weighted by molar-refractivity contribution is 0.464. The lowest BCUT2D eigenvalue weighted by atomic mass is 10.0. The highest BCUT2D eigenvalue weighted by molar-refractivity contribution is 5.05. The van der Waals surface area contributed by atoms with E-state index in [-0.39, 0.29) is 0 Å². The Morgan fingerprint density at radius 1 is 1.17 bits per heavy atom. The summed E-state index contributed by atoms with van der Waals surface area (Å²) in [6.45, 7) is 5.44. The van der Waals surface area contributed by atoms with Crippen LogP contribution >= 0.6 is 0 Å². The van der Waals surface area contributed by atoms with Crippen molar-refractivity contribution in [3.8, 4) is 0 Å². The van der Waals surface area contributed by atoms with Gasteiger partial charge in [0.2, 0.25) is 0 Å². The Morgan fingerprint density at radius 2 is 1.89 bits per heavy atom. The van der Waals surface area contributed by atoms with E-state index in [2.05, 4.69) is 30.3 Å². The highest BCUT2D eigenvalue weighted by atomic mass is 15.3. The van der Waals surface area contributed by atoms with Crippen LogP contribution in [0.2, 0.25) is 0 Å². The summed E-state index contributed by atoms with van der Waals surface area (Å²) in [5.74, 6) is 0. The number of nitrogens with zero attached hydrogens (tertiary/aromatic N) is 2. The molecule has 0 fully saturated rings. The predicted molar refractivity (Wildman–Crippen MR) is 77.6 cm³/mol. The topological polar surface area (TPSA) is 29.9 Å². The summed E-state index contributed by atoms with van der Waals surface area (Å²) in [6, 6.07) is 2.56. The van der Waals surface area contributed by atoms with Crippen LogP contribution in [0.1, 0.15) is 70.5 Å². The van der Waals surface area contributed by atoms with Crippen LogP contribution in [0.15, 0.2) is 12.3 Å². The Kier molecular flexibility index (Phi) is 7.74. The maximum atomic E-state index is 4.51. The molecule has 0 aliphatic heterocycles. The minimum absolute atomic E-state index is 0.433. The highest BCUT2D eigenvalue weighted by Crippen LogP contribution is 2.18. The molecule has 0 saturated heterocycles. The van der Waals surface area contributed by atoms with Gasteiger partial charge < -0.3 is 5.32 Å². The molecule has 0 bridgehead atoms. The normalized spacial score (nSPS) is 12.8. The van der Waals surface area contributed by atoms with Crippen molar-refractivity contribution in [3.63, 3.8) is 0 Å². The summed E-state index contributed by atoms with van der Waals surface area (Å²) in [4.78, 5) is 0. The molecule has 0 amide bonds. The molecule has 3 heteroatoms. The van der Waals surface area contributed by atoms with Crippen molar-refractivity contribution in [2.75, 3.05) is 6.54 Å². The molecule has 1 aromatic heterocycles. The fourth-order valence-corrected chi connectivity index (χ4v) is 2.35. The molecular formula is C15H29N3. The van der Waals surface area contributed by atoms with E-state index >= 15 is 0 Å². The molecule has 0 spiro atoms. The SMILES string of the molecule is CCCCCCCCC(NCC)c1ccn(C)n1. The van der Waals surface area contributed by atoms with E-state index in [0.29, 0.717) is 6.04 Å². The standard InChI is InChI=1S/C15H29N3/c1-4-6-7-8-9-10-11-14(16-5-2)15-12-13-18(3)17-15/h12-14,16H,4-11H2,1-3H3. The zero-order valence-corrected chi connectivity index (χ0v) is 12.3.